The summed E-state index contributed by atoms with van der Waals surface area (Å²) in [5, 5.41) is 11.6. The van der Waals surface area contributed by atoms with Gasteiger partial charge in [-0.2, -0.15) is 0 Å². The van der Waals surface area contributed by atoms with Crippen LogP contribution in [0.25, 0.3) is 0 Å². The Balaban J connectivity index is 1.53. The summed E-state index contributed by atoms with van der Waals surface area (Å²) in [6.07, 6.45) is 1.85. The Morgan fingerprint density at radius 2 is 1.59 bits per heavy atom. The van der Waals surface area contributed by atoms with Crippen molar-refractivity contribution in [3.05, 3.63) is 69.7 Å². The minimum absolute atomic E-state index is 0.140. The summed E-state index contributed by atoms with van der Waals surface area (Å²) in [4.78, 5) is 53.0. The van der Waals surface area contributed by atoms with Crippen LogP contribution in [-0.4, -0.2) is 48.8 Å². The van der Waals surface area contributed by atoms with Crippen LogP contribution in [0.15, 0.2) is 54.1 Å². The molecule has 0 radical (unpaired) electrons. The fourth-order valence-electron chi connectivity index (χ4n) is 6.70. The number of allylic oxidation sites excluding steroid dienone is 2. The number of hydrogen-bond donors (Lipinski definition) is 1. The van der Waals surface area contributed by atoms with E-state index < -0.39 is 51.1 Å². The van der Waals surface area contributed by atoms with Gasteiger partial charge in [0.15, 0.2) is 9.75 Å². The summed E-state index contributed by atoms with van der Waals surface area (Å²) in [7, 11) is 0. The van der Waals surface area contributed by atoms with Crippen molar-refractivity contribution < 1.29 is 24.3 Å². The van der Waals surface area contributed by atoms with E-state index in [2.05, 4.69) is 15.9 Å². The van der Waals surface area contributed by atoms with Crippen molar-refractivity contribution >= 4 is 91.6 Å². The highest BCUT2D eigenvalue weighted by molar-refractivity contribution is 9.09. The van der Waals surface area contributed by atoms with Crippen LogP contribution in [0.2, 0.25) is 10.0 Å². The first-order valence-electron chi connectivity index (χ1n) is 12.1. The Kier molecular flexibility index (Phi) is 6.40. The van der Waals surface area contributed by atoms with Crippen LogP contribution in [-0.2, 0) is 19.2 Å². The number of phenolic OH excluding ortho intramolecular Hbond substituents is 1. The molecule has 7 nitrogen and oxygen atoms in total. The molecular formula is C27H19BrCl4N2O5. The van der Waals surface area contributed by atoms with E-state index in [9.17, 15) is 24.3 Å². The van der Waals surface area contributed by atoms with Gasteiger partial charge in [-0.1, -0.05) is 50.8 Å². The van der Waals surface area contributed by atoms with Gasteiger partial charge in [-0.25, -0.2) is 0 Å². The van der Waals surface area contributed by atoms with E-state index >= 15 is 0 Å². The average Bonchev–Trinajstić information content (AvgIpc) is 3.24. The predicted molar refractivity (Wildman–Crippen MR) is 150 cm³/mol. The van der Waals surface area contributed by atoms with Gasteiger partial charge in [0.1, 0.15) is 5.75 Å². The Bertz CT molecular complexity index is 1500. The molecule has 2 aliphatic carbocycles. The molecule has 2 heterocycles. The predicted octanol–water partition coefficient (Wildman–Crippen LogP) is 5.61. The van der Waals surface area contributed by atoms with Gasteiger partial charge in [-0.15, -0.1) is 23.2 Å². The van der Waals surface area contributed by atoms with Crippen LogP contribution in [0, 0.1) is 17.8 Å². The second kappa shape index (κ2) is 9.21. The molecule has 1 N–H and O–H groups in total. The zero-order chi connectivity index (χ0) is 28.0. The minimum atomic E-state index is -2.02. The smallest absolute Gasteiger partial charge is 0.254 e. The number of nitrogens with zero attached hydrogens (tertiary/aromatic N) is 2. The molecule has 12 heteroatoms. The maximum absolute atomic E-state index is 13.9. The Hall–Kier alpha value is -2.10. The number of likely N-dealkylation sites (tertiary alicyclic amines) is 1. The third kappa shape index (κ3) is 3.54. The fraction of sp³-hybridized carbons (Fsp3) is 0.333. The lowest BCUT2D eigenvalue weighted by Crippen LogP contribution is -2.60. The molecule has 0 spiro atoms. The lowest BCUT2D eigenvalue weighted by atomic mass is 9.56. The molecule has 6 rings (SSSR count). The van der Waals surface area contributed by atoms with Crippen molar-refractivity contribution in [3.8, 4) is 5.75 Å². The van der Waals surface area contributed by atoms with Gasteiger partial charge in [0.2, 0.25) is 11.8 Å². The number of hydrogen-bond acceptors (Lipinski definition) is 5. The molecule has 6 atom stereocenters. The quantitative estimate of drug-likeness (QED) is 0.198. The van der Waals surface area contributed by atoms with Crippen molar-refractivity contribution in [2.75, 3.05) is 10.4 Å². The van der Waals surface area contributed by atoms with E-state index in [1.54, 1.807) is 30.3 Å². The van der Waals surface area contributed by atoms with E-state index in [0.29, 0.717) is 16.3 Å². The summed E-state index contributed by atoms with van der Waals surface area (Å²) >= 11 is 29.8. The van der Waals surface area contributed by atoms with Crippen LogP contribution in [0.5, 0.6) is 5.75 Å². The highest BCUT2D eigenvalue weighted by Crippen LogP contribution is 2.66. The first kappa shape index (κ1) is 27.1. The molecule has 39 heavy (non-hydrogen) atoms. The lowest BCUT2D eigenvalue weighted by molar-refractivity contribution is -0.138. The number of aromatic hydroxyl groups is 1. The Labute approximate surface area is 251 Å². The molecule has 3 fully saturated rings. The summed E-state index contributed by atoms with van der Waals surface area (Å²) in [5.41, 5.74) is 1.02. The van der Waals surface area contributed by atoms with E-state index in [4.69, 9.17) is 46.4 Å². The maximum Gasteiger partial charge on any atom is 0.254 e. The molecule has 0 bridgehead atoms. The van der Waals surface area contributed by atoms with Crippen LogP contribution < -0.4 is 4.90 Å². The summed E-state index contributed by atoms with van der Waals surface area (Å²) in [5.74, 6) is -5.78. The summed E-state index contributed by atoms with van der Waals surface area (Å²) in [6, 6.07) is 10.7. The van der Waals surface area contributed by atoms with Crippen molar-refractivity contribution in [3.63, 3.8) is 0 Å². The standard InChI is InChI=1S/C27H19BrCl4N2O5/c28-11-33-24(38)26(31)10-18-15(21(27(26,32)25(33)39)17-9-13(30)3-8-19(17)35)6-7-16-20(18)23(37)34(22(16)36)14-4-1-12(29)2-5-14/h1-6,8-9,16,18,20-21,35H,7,10-11H2/t16-,18+,20-,21+,26+,27-/m0/s1. The number of anilines is 1. The largest absolute Gasteiger partial charge is 0.508 e. The lowest BCUT2D eigenvalue weighted by Gasteiger charge is -2.50. The molecule has 202 valence electrons. The summed E-state index contributed by atoms with van der Waals surface area (Å²) in [6.45, 7) is 0. The number of amides is 4. The molecule has 0 aromatic heterocycles. The second-order valence-electron chi connectivity index (χ2n) is 10.2. The zero-order valence-corrected chi connectivity index (χ0v) is 24.5. The summed E-state index contributed by atoms with van der Waals surface area (Å²) < 4.78 is 0. The van der Waals surface area contributed by atoms with Gasteiger partial charge in [-0.3, -0.25) is 29.0 Å². The van der Waals surface area contributed by atoms with E-state index in [0.717, 1.165) is 9.80 Å². The molecule has 0 unspecified atom stereocenters. The molecule has 4 aliphatic rings. The number of alkyl halides is 3. The van der Waals surface area contributed by atoms with Crippen LogP contribution >= 0.6 is 62.3 Å². The first-order valence-corrected chi connectivity index (χ1v) is 14.7. The van der Waals surface area contributed by atoms with Crippen molar-refractivity contribution in [2.45, 2.75) is 28.5 Å². The fourth-order valence-corrected chi connectivity index (χ4v) is 8.42. The minimum Gasteiger partial charge on any atom is -0.508 e. The molecular weight excluding hydrogens is 654 g/mol. The Morgan fingerprint density at radius 3 is 2.26 bits per heavy atom. The van der Waals surface area contributed by atoms with Crippen molar-refractivity contribution in [1.82, 2.24) is 4.90 Å². The third-order valence-electron chi connectivity index (χ3n) is 8.40. The average molecular weight is 673 g/mol. The highest BCUT2D eigenvalue weighted by Gasteiger charge is 2.76. The normalized spacial score (nSPS) is 33.7. The topological polar surface area (TPSA) is 95.0 Å². The van der Waals surface area contributed by atoms with Gasteiger partial charge in [0.05, 0.1) is 23.0 Å². The molecule has 2 aromatic rings. The number of carbonyl (C=O) groups is 4. The molecule has 2 aliphatic heterocycles. The van der Waals surface area contributed by atoms with Crippen LogP contribution in [0.3, 0.4) is 0 Å². The molecule has 2 aromatic carbocycles. The Morgan fingerprint density at radius 1 is 0.923 bits per heavy atom. The number of carbonyl (C=O) groups excluding carboxylic acids is 4. The number of imide groups is 2. The second-order valence-corrected chi connectivity index (χ2v) is 12.8. The SMILES string of the molecule is O=C1[C@H]2[C@H](CC=C3[C@H]2C[C@@]2(Cl)C(=O)N(CBr)C(=O)[C@@]2(Cl)[C@H]3c2cc(Cl)ccc2O)C(=O)N1c1ccc(Cl)cc1. The monoisotopic (exact) mass is 670 g/mol. The zero-order valence-electron chi connectivity index (χ0n) is 19.9. The number of halogens is 5. The number of rotatable bonds is 3. The van der Waals surface area contributed by atoms with Crippen LogP contribution in [0.1, 0.15) is 24.3 Å². The van der Waals surface area contributed by atoms with Gasteiger partial charge in [0, 0.05) is 21.5 Å². The molecule has 4 amide bonds. The van der Waals surface area contributed by atoms with Gasteiger partial charge < -0.3 is 5.11 Å². The van der Waals surface area contributed by atoms with Gasteiger partial charge >= 0.3 is 0 Å². The van der Waals surface area contributed by atoms with Gasteiger partial charge in [-0.05, 0) is 61.2 Å². The number of phenols is 1. The first-order chi connectivity index (χ1) is 18.5. The van der Waals surface area contributed by atoms with Gasteiger partial charge in [0.25, 0.3) is 11.8 Å². The molecule has 2 saturated heterocycles. The molecule has 1 saturated carbocycles. The third-order valence-corrected chi connectivity index (χ3v) is 10.8. The number of benzene rings is 2. The highest BCUT2D eigenvalue weighted by atomic mass is 79.9. The van der Waals surface area contributed by atoms with Crippen molar-refractivity contribution in [2.24, 2.45) is 17.8 Å². The number of fused-ring (bicyclic) bond motifs is 4. The maximum atomic E-state index is 13.9. The van der Waals surface area contributed by atoms with Crippen LogP contribution in [0.4, 0.5) is 5.69 Å². The van der Waals surface area contributed by atoms with E-state index in [1.807, 2.05) is 0 Å². The van der Waals surface area contributed by atoms with E-state index in [-0.39, 0.29) is 40.5 Å². The van der Waals surface area contributed by atoms with Crippen molar-refractivity contribution in [1.29, 1.82) is 0 Å². The van der Waals surface area contributed by atoms with E-state index in [1.165, 1.54) is 18.2 Å².